The summed E-state index contributed by atoms with van der Waals surface area (Å²) < 4.78 is 2.41. The predicted molar refractivity (Wildman–Crippen MR) is 272 cm³/mol. The van der Waals surface area contributed by atoms with Crippen molar-refractivity contribution in [3.63, 3.8) is 0 Å². The van der Waals surface area contributed by atoms with Gasteiger partial charge in [0.25, 0.3) is 0 Å². The van der Waals surface area contributed by atoms with Gasteiger partial charge in [0.05, 0.1) is 45.2 Å². The Morgan fingerprint density at radius 1 is 0.400 bits per heavy atom. The molecular weight excluding hydrogens is 813 g/mol. The van der Waals surface area contributed by atoms with Crippen LogP contribution in [0.25, 0.3) is 49.6 Å². The Bertz CT molecular complexity index is 3330. The van der Waals surface area contributed by atoms with E-state index in [0.717, 1.165) is 78.6 Å². The molecule has 7 heteroatoms. The number of para-hydroxylation sites is 2. The molecule has 322 valence electrons. The molecular formula is C58H54N6S. The van der Waals surface area contributed by atoms with E-state index in [4.69, 9.17) is 19.9 Å². The molecule has 11 rings (SSSR count). The monoisotopic (exact) mass is 866 g/mol. The van der Waals surface area contributed by atoms with Crippen molar-refractivity contribution in [2.45, 2.75) is 99.6 Å². The maximum atomic E-state index is 5.60. The van der Waals surface area contributed by atoms with Crippen molar-refractivity contribution >= 4 is 71.0 Å². The lowest BCUT2D eigenvalue weighted by Gasteiger charge is -2.50. The summed E-state index contributed by atoms with van der Waals surface area (Å²) in [6.07, 6.45) is 0. The SMILES string of the molecule is Cc1nc2c(N3c4ccccc4S(c4ccccc4)(c4ccccc4)c4ccccc43)c3nc(C)c(C)nc3c(-n3c4ccc(C(C)(C)C)cc4c4cc(C(C)(C)C)ccc43)c2nc1C. The maximum Gasteiger partial charge on any atom is 0.118 e. The molecule has 0 fully saturated rings. The van der Waals surface area contributed by atoms with E-state index in [-0.39, 0.29) is 10.8 Å². The number of benzene rings is 7. The molecule has 0 atom stereocenters. The van der Waals surface area contributed by atoms with Crippen LogP contribution in [-0.4, -0.2) is 24.5 Å². The molecule has 0 saturated carbocycles. The Morgan fingerprint density at radius 3 is 1.14 bits per heavy atom. The third kappa shape index (κ3) is 6.08. The van der Waals surface area contributed by atoms with E-state index < -0.39 is 10.0 Å². The Morgan fingerprint density at radius 2 is 0.754 bits per heavy atom. The first-order chi connectivity index (χ1) is 31.2. The second kappa shape index (κ2) is 14.6. The zero-order chi connectivity index (χ0) is 45.2. The zero-order valence-electron chi connectivity index (χ0n) is 38.9. The summed E-state index contributed by atoms with van der Waals surface area (Å²) in [5.74, 6) is 0. The van der Waals surface area contributed by atoms with Gasteiger partial charge in [-0.2, -0.15) is 0 Å². The quantitative estimate of drug-likeness (QED) is 0.165. The fourth-order valence-corrected chi connectivity index (χ4v) is 14.1. The van der Waals surface area contributed by atoms with Crippen LogP contribution >= 0.6 is 10.0 Å². The average Bonchev–Trinajstić information content (AvgIpc) is 3.62. The molecule has 0 saturated heterocycles. The van der Waals surface area contributed by atoms with Crippen molar-refractivity contribution in [1.82, 2.24) is 24.5 Å². The number of anilines is 3. The van der Waals surface area contributed by atoms with Gasteiger partial charge in [-0.3, -0.25) is 0 Å². The first-order valence-electron chi connectivity index (χ1n) is 22.6. The molecule has 1 aliphatic rings. The number of rotatable bonds is 4. The molecule has 6 nitrogen and oxygen atoms in total. The summed E-state index contributed by atoms with van der Waals surface area (Å²) in [5, 5.41) is 2.41. The molecule has 3 aromatic heterocycles. The fourth-order valence-electron chi connectivity index (χ4n) is 9.90. The lowest BCUT2D eigenvalue weighted by Crippen LogP contribution is -2.23. The topological polar surface area (TPSA) is 59.7 Å². The second-order valence-corrected chi connectivity index (χ2v) is 22.7. The molecule has 1 aliphatic heterocycles. The van der Waals surface area contributed by atoms with Crippen molar-refractivity contribution in [3.05, 3.63) is 179 Å². The van der Waals surface area contributed by atoms with E-state index >= 15 is 0 Å². The van der Waals surface area contributed by atoms with Crippen LogP contribution in [0.2, 0.25) is 0 Å². The van der Waals surface area contributed by atoms with Crippen LogP contribution in [0.15, 0.2) is 165 Å². The maximum absolute atomic E-state index is 5.60. The Hall–Kier alpha value is -6.83. The first kappa shape index (κ1) is 40.9. The van der Waals surface area contributed by atoms with E-state index in [1.165, 1.54) is 41.5 Å². The summed E-state index contributed by atoms with van der Waals surface area (Å²) in [6.45, 7) is 22.0. The highest BCUT2D eigenvalue weighted by Crippen LogP contribution is 2.79. The van der Waals surface area contributed by atoms with Gasteiger partial charge in [0.1, 0.15) is 33.4 Å². The lowest BCUT2D eigenvalue weighted by molar-refractivity contribution is 0.590. The number of aromatic nitrogens is 5. The minimum atomic E-state index is -1.99. The molecule has 0 aliphatic carbocycles. The van der Waals surface area contributed by atoms with Gasteiger partial charge in [0.15, 0.2) is 0 Å². The van der Waals surface area contributed by atoms with E-state index in [2.05, 4.69) is 224 Å². The van der Waals surface area contributed by atoms with Gasteiger partial charge >= 0.3 is 0 Å². The van der Waals surface area contributed by atoms with Crippen LogP contribution in [0.4, 0.5) is 17.1 Å². The summed E-state index contributed by atoms with van der Waals surface area (Å²) in [7, 11) is -1.99. The largest absolute Gasteiger partial charge is 0.305 e. The molecule has 65 heavy (non-hydrogen) atoms. The molecule has 4 heterocycles. The number of nitrogens with zero attached hydrogens (tertiary/aromatic N) is 6. The van der Waals surface area contributed by atoms with Gasteiger partial charge in [-0.05, 0) is 122 Å². The number of fused-ring (bicyclic) bond motifs is 7. The first-order valence-corrected chi connectivity index (χ1v) is 24.3. The Balaban J connectivity index is 1.32. The van der Waals surface area contributed by atoms with Gasteiger partial charge in [0.2, 0.25) is 0 Å². The van der Waals surface area contributed by atoms with E-state index in [1.54, 1.807) is 0 Å². The third-order valence-corrected chi connectivity index (χ3v) is 17.5. The minimum absolute atomic E-state index is 0.0348. The van der Waals surface area contributed by atoms with Crippen molar-refractivity contribution in [3.8, 4) is 5.69 Å². The molecule has 0 amide bonds. The summed E-state index contributed by atoms with van der Waals surface area (Å²) in [6, 6.07) is 54.1. The molecule has 0 unspecified atom stereocenters. The van der Waals surface area contributed by atoms with Gasteiger partial charge in [0, 0.05) is 30.4 Å². The standard InChI is InChI=1S/C58H54N6S/c1-35-37(3)61-53-51(59-35)55(63-45-31-29-39(57(5,6)7)33-43(45)44-34-40(58(8,9)10)30-32-46(44)63)52-54(62-38(4)36(2)60-52)56(53)64-47-25-17-19-27-49(47)65(41-21-13-11-14-22-41,42-23-15-12-16-24-42)50-28-20-18-26-48(50)64/h11-34H,1-10H3. The van der Waals surface area contributed by atoms with E-state index in [9.17, 15) is 0 Å². The van der Waals surface area contributed by atoms with Crippen molar-refractivity contribution in [2.75, 3.05) is 4.90 Å². The van der Waals surface area contributed by atoms with Crippen LogP contribution in [-0.2, 0) is 10.8 Å². The summed E-state index contributed by atoms with van der Waals surface area (Å²) >= 11 is 0. The molecule has 0 bridgehead atoms. The number of hydrogen-bond acceptors (Lipinski definition) is 5. The van der Waals surface area contributed by atoms with E-state index in [0.29, 0.717) is 0 Å². The van der Waals surface area contributed by atoms with Crippen LogP contribution in [0.3, 0.4) is 0 Å². The Kier molecular flexibility index (Phi) is 9.19. The van der Waals surface area contributed by atoms with Crippen LogP contribution in [0.5, 0.6) is 0 Å². The summed E-state index contributed by atoms with van der Waals surface area (Å²) in [4.78, 5) is 29.8. The molecule has 10 aromatic rings. The zero-order valence-corrected chi connectivity index (χ0v) is 39.8. The van der Waals surface area contributed by atoms with Crippen LogP contribution in [0.1, 0.15) is 75.4 Å². The number of hydrogen-bond donors (Lipinski definition) is 0. The highest BCUT2D eigenvalue weighted by molar-refractivity contribution is 8.34. The number of aryl methyl sites for hydroxylation is 4. The van der Waals surface area contributed by atoms with Gasteiger partial charge < -0.3 is 9.47 Å². The molecule has 0 radical (unpaired) electrons. The van der Waals surface area contributed by atoms with Crippen molar-refractivity contribution in [1.29, 1.82) is 0 Å². The molecule has 0 N–H and O–H groups in total. The Labute approximate surface area is 383 Å². The highest BCUT2D eigenvalue weighted by atomic mass is 32.3. The summed E-state index contributed by atoms with van der Waals surface area (Å²) in [5.41, 5.74) is 15.3. The van der Waals surface area contributed by atoms with Crippen LogP contribution < -0.4 is 4.90 Å². The third-order valence-electron chi connectivity index (χ3n) is 13.5. The van der Waals surface area contributed by atoms with Gasteiger partial charge in [-0.1, -0.05) is 114 Å². The molecule has 7 aromatic carbocycles. The van der Waals surface area contributed by atoms with Crippen molar-refractivity contribution < 1.29 is 0 Å². The highest BCUT2D eigenvalue weighted by Gasteiger charge is 2.44. The van der Waals surface area contributed by atoms with Crippen LogP contribution in [0, 0.1) is 27.7 Å². The smallest absolute Gasteiger partial charge is 0.118 e. The second-order valence-electron chi connectivity index (χ2n) is 19.7. The van der Waals surface area contributed by atoms with Gasteiger partial charge in [-0.25, -0.2) is 19.9 Å². The van der Waals surface area contributed by atoms with E-state index in [1.807, 2.05) is 0 Å². The van der Waals surface area contributed by atoms with Gasteiger partial charge in [-0.15, -0.1) is 10.0 Å². The van der Waals surface area contributed by atoms with Crippen molar-refractivity contribution in [2.24, 2.45) is 0 Å². The predicted octanol–water partition coefficient (Wildman–Crippen LogP) is 15.6. The molecule has 0 spiro atoms. The minimum Gasteiger partial charge on any atom is -0.305 e. The lowest BCUT2D eigenvalue weighted by atomic mass is 9.85. The normalized spacial score (nSPS) is 14.3. The average molecular weight is 867 g/mol. The fraction of sp³-hybridized carbons (Fsp3) is 0.207.